The van der Waals surface area contributed by atoms with Crippen molar-refractivity contribution < 1.29 is 14.9 Å². The minimum atomic E-state index is -0.223. The third-order valence-corrected chi connectivity index (χ3v) is 3.18. The first kappa shape index (κ1) is 14.6. The van der Waals surface area contributed by atoms with E-state index in [1.54, 1.807) is 0 Å². The van der Waals surface area contributed by atoms with E-state index in [4.69, 9.17) is 14.9 Å². The highest BCUT2D eigenvalue weighted by atomic mass is 16.5. The van der Waals surface area contributed by atoms with Crippen molar-refractivity contribution in [2.45, 2.75) is 6.42 Å². The van der Waals surface area contributed by atoms with E-state index in [-0.39, 0.29) is 19.1 Å². The molecule has 0 saturated heterocycles. The average Bonchev–Trinajstić information content (AvgIpc) is 2.51. The fraction of sp³-hybridized carbons (Fsp3) is 0.294. The standard InChI is InChI=1S/C17H20O3/c18-11-16(12-19)13-20-17-8-6-15(7-9-17)10-14-4-2-1-3-5-14/h1-9,16,18-19H,10-13H2. The molecule has 3 nitrogen and oxygen atoms in total. The lowest BCUT2D eigenvalue weighted by molar-refractivity contribution is 0.106. The smallest absolute Gasteiger partial charge is 0.119 e. The van der Waals surface area contributed by atoms with Crippen LogP contribution in [0.25, 0.3) is 0 Å². The maximum Gasteiger partial charge on any atom is 0.119 e. The Morgan fingerprint density at radius 2 is 1.40 bits per heavy atom. The lowest BCUT2D eigenvalue weighted by atomic mass is 10.1. The summed E-state index contributed by atoms with van der Waals surface area (Å²) in [6, 6.07) is 18.2. The molecule has 0 aromatic heterocycles. The highest BCUT2D eigenvalue weighted by molar-refractivity contribution is 5.31. The maximum atomic E-state index is 8.97. The van der Waals surface area contributed by atoms with E-state index in [0.29, 0.717) is 6.61 Å². The molecule has 0 saturated carbocycles. The Bertz CT molecular complexity index is 489. The molecule has 2 aromatic carbocycles. The van der Waals surface area contributed by atoms with E-state index < -0.39 is 0 Å². The van der Waals surface area contributed by atoms with Gasteiger partial charge in [-0.1, -0.05) is 42.5 Å². The van der Waals surface area contributed by atoms with E-state index >= 15 is 0 Å². The number of hydrogen-bond acceptors (Lipinski definition) is 3. The van der Waals surface area contributed by atoms with Gasteiger partial charge in [0.25, 0.3) is 0 Å². The van der Waals surface area contributed by atoms with Crippen LogP contribution >= 0.6 is 0 Å². The summed E-state index contributed by atoms with van der Waals surface area (Å²) in [7, 11) is 0. The van der Waals surface area contributed by atoms with Crippen LogP contribution in [0.1, 0.15) is 11.1 Å². The number of benzene rings is 2. The van der Waals surface area contributed by atoms with Gasteiger partial charge in [0.05, 0.1) is 19.8 Å². The largest absolute Gasteiger partial charge is 0.493 e. The zero-order valence-corrected chi connectivity index (χ0v) is 11.4. The van der Waals surface area contributed by atoms with Crippen LogP contribution in [-0.2, 0) is 6.42 Å². The van der Waals surface area contributed by atoms with Crippen LogP contribution in [0.3, 0.4) is 0 Å². The molecule has 2 N–H and O–H groups in total. The number of rotatable bonds is 7. The van der Waals surface area contributed by atoms with Crippen LogP contribution in [0.5, 0.6) is 5.75 Å². The molecule has 0 atom stereocenters. The SMILES string of the molecule is OCC(CO)COc1ccc(Cc2ccccc2)cc1. The van der Waals surface area contributed by atoms with Gasteiger partial charge in [-0.3, -0.25) is 0 Å². The van der Waals surface area contributed by atoms with Gasteiger partial charge in [0, 0.05) is 5.92 Å². The second-order valence-electron chi connectivity index (χ2n) is 4.85. The topological polar surface area (TPSA) is 49.7 Å². The van der Waals surface area contributed by atoms with Crippen molar-refractivity contribution in [2.75, 3.05) is 19.8 Å². The van der Waals surface area contributed by atoms with Gasteiger partial charge in [0.1, 0.15) is 5.75 Å². The molecule has 0 aliphatic carbocycles. The van der Waals surface area contributed by atoms with Crippen molar-refractivity contribution in [1.82, 2.24) is 0 Å². The van der Waals surface area contributed by atoms with E-state index in [1.165, 1.54) is 11.1 Å². The molecule has 20 heavy (non-hydrogen) atoms. The molecule has 3 heteroatoms. The Hall–Kier alpha value is -1.84. The van der Waals surface area contributed by atoms with E-state index in [1.807, 2.05) is 42.5 Å². The molecule has 0 fully saturated rings. The van der Waals surface area contributed by atoms with Gasteiger partial charge in [-0.15, -0.1) is 0 Å². The molecule has 0 aliphatic rings. The summed E-state index contributed by atoms with van der Waals surface area (Å²) in [6.45, 7) is 0.191. The van der Waals surface area contributed by atoms with Crippen molar-refractivity contribution in [3.05, 3.63) is 65.7 Å². The summed E-state index contributed by atoms with van der Waals surface area (Å²) in [6.07, 6.45) is 0.900. The van der Waals surface area contributed by atoms with Crippen molar-refractivity contribution in [2.24, 2.45) is 5.92 Å². The van der Waals surface area contributed by atoms with Gasteiger partial charge in [0.2, 0.25) is 0 Å². The van der Waals surface area contributed by atoms with Crippen LogP contribution in [0, 0.1) is 5.92 Å². The molecule has 0 radical (unpaired) electrons. The molecule has 0 spiro atoms. The van der Waals surface area contributed by atoms with E-state index in [2.05, 4.69) is 12.1 Å². The van der Waals surface area contributed by atoms with Crippen molar-refractivity contribution in [3.63, 3.8) is 0 Å². The fourth-order valence-corrected chi connectivity index (χ4v) is 1.91. The normalized spacial score (nSPS) is 10.8. The number of aliphatic hydroxyl groups is 2. The predicted octanol–water partition coefficient (Wildman–Crippen LogP) is 2.26. The molecule has 0 heterocycles. The van der Waals surface area contributed by atoms with Crippen LogP contribution < -0.4 is 4.74 Å². The molecule has 0 bridgehead atoms. The molecule has 0 unspecified atom stereocenters. The summed E-state index contributed by atoms with van der Waals surface area (Å²) in [5, 5.41) is 17.9. The summed E-state index contributed by atoms with van der Waals surface area (Å²) in [5.41, 5.74) is 2.51. The minimum Gasteiger partial charge on any atom is -0.493 e. The molecular formula is C17H20O3. The Kier molecular flexibility index (Phi) is 5.59. The molecule has 0 amide bonds. The van der Waals surface area contributed by atoms with Crippen LogP contribution in [-0.4, -0.2) is 30.0 Å². The highest BCUT2D eigenvalue weighted by Crippen LogP contribution is 2.16. The second-order valence-corrected chi connectivity index (χ2v) is 4.85. The summed E-state index contributed by atoms with van der Waals surface area (Å²) < 4.78 is 5.54. The first-order valence-corrected chi connectivity index (χ1v) is 6.79. The Morgan fingerprint density at radius 3 is 2.00 bits per heavy atom. The fourth-order valence-electron chi connectivity index (χ4n) is 1.91. The van der Waals surface area contributed by atoms with Gasteiger partial charge in [-0.2, -0.15) is 0 Å². The second kappa shape index (κ2) is 7.68. The quantitative estimate of drug-likeness (QED) is 0.813. The highest BCUT2D eigenvalue weighted by Gasteiger charge is 2.06. The van der Waals surface area contributed by atoms with Crippen LogP contribution in [0.4, 0.5) is 0 Å². The van der Waals surface area contributed by atoms with Gasteiger partial charge < -0.3 is 14.9 Å². The third-order valence-electron chi connectivity index (χ3n) is 3.18. The van der Waals surface area contributed by atoms with Crippen molar-refractivity contribution >= 4 is 0 Å². The Labute approximate surface area is 119 Å². The molecule has 2 aromatic rings. The minimum absolute atomic E-state index is 0.0669. The van der Waals surface area contributed by atoms with Gasteiger partial charge in [-0.05, 0) is 29.7 Å². The Morgan fingerprint density at radius 1 is 0.800 bits per heavy atom. The lowest BCUT2D eigenvalue weighted by Crippen LogP contribution is -2.19. The number of hydrogen-bond donors (Lipinski definition) is 2. The monoisotopic (exact) mass is 272 g/mol. The van der Waals surface area contributed by atoms with E-state index in [9.17, 15) is 0 Å². The van der Waals surface area contributed by atoms with Crippen molar-refractivity contribution in [3.8, 4) is 5.75 Å². The lowest BCUT2D eigenvalue weighted by Gasteiger charge is -2.12. The first-order chi connectivity index (χ1) is 9.81. The summed E-state index contributed by atoms with van der Waals surface area (Å²) >= 11 is 0. The van der Waals surface area contributed by atoms with Gasteiger partial charge >= 0.3 is 0 Å². The van der Waals surface area contributed by atoms with E-state index in [0.717, 1.165) is 12.2 Å². The molecule has 0 aliphatic heterocycles. The van der Waals surface area contributed by atoms with Gasteiger partial charge in [-0.25, -0.2) is 0 Å². The maximum absolute atomic E-state index is 8.97. The van der Waals surface area contributed by atoms with Crippen LogP contribution in [0.2, 0.25) is 0 Å². The van der Waals surface area contributed by atoms with Crippen LogP contribution in [0.15, 0.2) is 54.6 Å². The molecular weight excluding hydrogens is 252 g/mol. The third kappa shape index (κ3) is 4.37. The zero-order valence-electron chi connectivity index (χ0n) is 11.4. The molecule has 106 valence electrons. The predicted molar refractivity (Wildman–Crippen MR) is 78.8 cm³/mol. The first-order valence-electron chi connectivity index (χ1n) is 6.79. The average molecular weight is 272 g/mol. The summed E-state index contributed by atoms with van der Waals surface area (Å²) in [4.78, 5) is 0. The van der Waals surface area contributed by atoms with Gasteiger partial charge in [0.15, 0.2) is 0 Å². The Balaban J connectivity index is 1.90. The van der Waals surface area contributed by atoms with Crippen molar-refractivity contribution in [1.29, 1.82) is 0 Å². The molecule has 2 rings (SSSR count). The number of aliphatic hydroxyl groups excluding tert-OH is 2. The summed E-state index contributed by atoms with van der Waals surface area (Å²) in [5.74, 6) is 0.535. The number of ether oxygens (including phenoxy) is 1. The zero-order chi connectivity index (χ0) is 14.2.